The van der Waals surface area contributed by atoms with Crippen LogP contribution in [0.25, 0.3) is 0 Å². The van der Waals surface area contributed by atoms with Crippen molar-refractivity contribution in [3.05, 3.63) is 59.4 Å². The number of amides is 1. The van der Waals surface area contributed by atoms with Gasteiger partial charge in [-0.3, -0.25) is 9.78 Å². The quantitative estimate of drug-likeness (QED) is 0.879. The van der Waals surface area contributed by atoms with Gasteiger partial charge < -0.3 is 10.6 Å². The van der Waals surface area contributed by atoms with Crippen molar-refractivity contribution in [2.45, 2.75) is 19.4 Å². The number of benzene rings is 1. The van der Waals surface area contributed by atoms with Crippen molar-refractivity contribution < 1.29 is 4.79 Å². The number of aromatic nitrogens is 1. The number of carbonyl (C=O) groups excluding carboxylic acids is 1. The Morgan fingerprint density at radius 1 is 1.29 bits per heavy atom. The first-order valence-electron chi connectivity index (χ1n) is 6.73. The second kappa shape index (κ2) is 6.24. The molecular formula is C16H18ClN3O. The Morgan fingerprint density at radius 3 is 2.76 bits per heavy atom. The lowest BCUT2D eigenvalue weighted by Crippen LogP contribution is -2.46. The van der Waals surface area contributed by atoms with E-state index < -0.39 is 0 Å². The summed E-state index contributed by atoms with van der Waals surface area (Å²) in [6.07, 6.45) is 2.44. The highest BCUT2D eigenvalue weighted by Crippen LogP contribution is 2.27. The zero-order valence-electron chi connectivity index (χ0n) is 11.8. The van der Waals surface area contributed by atoms with Gasteiger partial charge in [0.1, 0.15) is 0 Å². The number of rotatable bonds is 1. The minimum absolute atomic E-state index is 0. The SMILES string of the molecule is Cc1ccc(C(=O)N2CC(N)Cc3ccccc32)cn1.Cl. The fourth-order valence-corrected chi connectivity index (χ4v) is 2.57. The average molecular weight is 304 g/mol. The zero-order valence-corrected chi connectivity index (χ0v) is 12.6. The molecule has 110 valence electrons. The molecule has 2 heterocycles. The molecule has 0 bridgehead atoms. The number of nitrogens with zero attached hydrogens (tertiary/aromatic N) is 2. The largest absolute Gasteiger partial charge is 0.326 e. The molecule has 0 saturated heterocycles. The lowest BCUT2D eigenvalue weighted by Gasteiger charge is -2.33. The lowest BCUT2D eigenvalue weighted by molar-refractivity contribution is 0.0983. The Morgan fingerprint density at radius 2 is 2.05 bits per heavy atom. The van der Waals surface area contributed by atoms with Gasteiger partial charge in [-0.25, -0.2) is 0 Å². The van der Waals surface area contributed by atoms with Crippen LogP contribution >= 0.6 is 12.4 Å². The van der Waals surface area contributed by atoms with Crippen molar-refractivity contribution in [1.29, 1.82) is 0 Å². The van der Waals surface area contributed by atoms with E-state index in [2.05, 4.69) is 4.98 Å². The Labute approximate surface area is 130 Å². The van der Waals surface area contributed by atoms with E-state index in [4.69, 9.17) is 5.73 Å². The first-order chi connectivity index (χ1) is 9.65. The van der Waals surface area contributed by atoms with Crippen molar-refractivity contribution in [1.82, 2.24) is 4.98 Å². The summed E-state index contributed by atoms with van der Waals surface area (Å²) in [7, 11) is 0. The summed E-state index contributed by atoms with van der Waals surface area (Å²) in [5.41, 5.74) is 9.65. The van der Waals surface area contributed by atoms with Crippen LogP contribution in [-0.2, 0) is 6.42 Å². The Hall–Kier alpha value is -1.91. The van der Waals surface area contributed by atoms with Crippen LogP contribution in [0.15, 0.2) is 42.6 Å². The summed E-state index contributed by atoms with van der Waals surface area (Å²) >= 11 is 0. The average Bonchev–Trinajstić information content (AvgIpc) is 2.46. The number of fused-ring (bicyclic) bond motifs is 1. The van der Waals surface area contributed by atoms with Crippen molar-refractivity contribution >= 4 is 24.0 Å². The van der Waals surface area contributed by atoms with E-state index in [0.717, 1.165) is 23.4 Å². The van der Waals surface area contributed by atoms with Crippen LogP contribution in [0.4, 0.5) is 5.69 Å². The summed E-state index contributed by atoms with van der Waals surface area (Å²) in [6, 6.07) is 11.6. The minimum Gasteiger partial charge on any atom is -0.326 e. The van der Waals surface area contributed by atoms with E-state index in [1.807, 2.05) is 43.3 Å². The van der Waals surface area contributed by atoms with Crippen LogP contribution in [0.5, 0.6) is 0 Å². The van der Waals surface area contributed by atoms with Gasteiger partial charge in [0, 0.05) is 30.2 Å². The van der Waals surface area contributed by atoms with E-state index in [0.29, 0.717) is 12.1 Å². The molecule has 0 radical (unpaired) electrons. The number of hydrogen-bond donors (Lipinski definition) is 1. The monoisotopic (exact) mass is 303 g/mol. The van der Waals surface area contributed by atoms with Crippen LogP contribution in [0, 0.1) is 6.92 Å². The van der Waals surface area contributed by atoms with Gasteiger partial charge in [0.15, 0.2) is 0 Å². The Bertz CT molecular complexity index is 642. The van der Waals surface area contributed by atoms with E-state index in [1.165, 1.54) is 0 Å². The predicted octanol–water partition coefficient (Wildman–Crippen LogP) is 2.34. The molecule has 1 amide bonds. The number of para-hydroxylation sites is 1. The molecule has 2 aromatic rings. The molecule has 0 saturated carbocycles. The van der Waals surface area contributed by atoms with Gasteiger partial charge in [-0.1, -0.05) is 18.2 Å². The second-order valence-corrected chi connectivity index (χ2v) is 5.20. The van der Waals surface area contributed by atoms with E-state index in [9.17, 15) is 4.79 Å². The number of hydrogen-bond acceptors (Lipinski definition) is 3. The molecule has 2 N–H and O–H groups in total. The summed E-state index contributed by atoms with van der Waals surface area (Å²) in [4.78, 5) is 18.6. The van der Waals surface area contributed by atoms with Crippen molar-refractivity contribution in [3.8, 4) is 0 Å². The van der Waals surface area contributed by atoms with E-state index >= 15 is 0 Å². The molecule has 0 aliphatic carbocycles. The Balaban J connectivity index is 0.00000161. The molecule has 0 fully saturated rings. The molecule has 3 rings (SSSR count). The molecule has 1 aromatic heterocycles. The van der Waals surface area contributed by atoms with Gasteiger partial charge in [-0.15, -0.1) is 12.4 Å². The molecule has 4 nitrogen and oxygen atoms in total. The Kier molecular flexibility index (Phi) is 4.60. The number of nitrogens with two attached hydrogens (primary N) is 1. The van der Waals surface area contributed by atoms with Crippen LogP contribution in [0.2, 0.25) is 0 Å². The maximum absolute atomic E-state index is 12.6. The van der Waals surface area contributed by atoms with Crippen LogP contribution < -0.4 is 10.6 Å². The van der Waals surface area contributed by atoms with Gasteiger partial charge in [0.05, 0.1) is 5.56 Å². The fourth-order valence-electron chi connectivity index (χ4n) is 2.57. The molecular weight excluding hydrogens is 286 g/mol. The normalized spacial score (nSPS) is 16.9. The number of anilines is 1. The number of aryl methyl sites for hydroxylation is 1. The molecule has 1 unspecified atom stereocenters. The highest BCUT2D eigenvalue weighted by molar-refractivity contribution is 6.06. The van der Waals surface area contributed by atoms with Gasteiger partial charge in [-0.05, 0) is 37.1 Å². The maximum Gasteiger partial charge on any atom is 0.259 e. The van der Waals surface area contributed by atoms with Crippen molar-refractivity contribution in [2.75, 3.05) is 11.4 Å². The third-order valence-electron chi connectivity index (χ3n) is 3.59. The maximum atomic E-state index is 12.6. The standard InChI is InChI=1S/C16H17N3O.ClH/c1-11-6-7-13(9-18-11)16(20)19-10-14(17)8-12-4-2-3-5-15(12)19;/h2-7,9,14H,8,10,17H2,1H3;1H. The highest BCUT2D eigenvalue weighted by Gasteiger charge is 2.27. The fraction of sp³-hybridized carbons (Fsp3) is 0.250. The van der Waals surface area contributed by atoms with Crippen LogP contribution in [0.3, 0.4) is 0 Å². The number of carbonyl (C=O) groups is 1. The van der Waals surface area contributed by atoms with E-state index in [1.54, 1.807) is 11.1 Å². The minimum atomic E-state index is -0.0416. The smallest absolute Gasteiger partial charge is 0.259 e. The summed E-state index contributed by atoms with van der Waals surface area (Å²) in [5, 5.41) is 0. The number of halogens is 1. The van der Waals surface area contributed by atoms with Gasteiger partial charge >= 0.3 is 0 Å². The molecule has 1 aliphatic rings. The van der Waals surface area contributed by atoms with Gasteiger partial charge in [0.25, 0.3) is 5.91 Å². The molecule has 21 heavy (non-hydrogen) atoms. The molecule has 1 aromatic carbocycles. The molecule has 5 heteroatoms. The molecule has 1 aliphatic heterocycles. The topological polar surface area (TPSA) is 59.2 Å². The van der Waals surface area contributed by atoms with Gasteiger partial charge in [-0.2, -0.15) is 0 Å². The van der Waals surface area contributed by atoms with E-state index in [-0.39, 0.29) is 24.4 Å². The van der Waals surface area contributed by atoms with Crippen LogP contribution in [0.1, 0.15) is 21.6 Å². The summed E-state index contributed by atoms with van der Waals surface area (Å²) < 4.78 is 0. The third kappa shape index (κ3) is 3.06. The third-order valence-corrected chi connectivity index (χ3v) is 3.59. The predicted molar refractivity (Wildman–Crippen MR) is 86.0 cm³/mol. The first kappa shape index (κ1) is 15.5. The molecule has 0 spiro atoms. The summed E-state index contributed by atoms with van der Waals surface area (Å²) in [6.45, 7) is 2.45. The molecule has 1 atom stereocenters. The summed E-state index contributed by atoms with van der Waals surface area (Å²) in [5.74, 6) is -0.0416. The first-order valence-corrected chi connectivity index (χ1v) is 6.73. The highest BCUT2D eigenvalue weighted by atomic mass is 35.5. The van der Waals surface area contributed by atoms with Gasteiger partial charge in [0.2, 0.25) is 0 Å². The second-order valence-electron chi connectivity index (χ2n) is 5.20. The van der Waals surface area contributed by atoms with Crippen molar-refractivity contribution in [3.63, 3.8) is 0 Å². The number of pyridine rings is 1. The van der Waals surface area contributed by atoms with Crippen molar-refractivity contribution in [2.24, 2.45) is 5.73 Å². The zero-order chi connectivity index (χ0) is 14.1. The van der Waals surface area contributed by atoms with Crippen LogP contribution in [-0.4, -0.2) is 23.5 Å². The lowest BCUT2D eigenvalue weighted by atomic mass is 9.98.